The summed E-state index contributed by atoms with van der Waals surface area (Å²) in [5, 5.41) is 12.4. The molecule has 0 fully saturated rings. The largest absolute Gasteiger partial charge is 0.351 e. The van der Waals surface area contributed by atoms with Gasteiger partial charge in [-0.05, 0) is 25.7 Å². The Kier molecular flexibility index (Phi) is 5.21. The van der Waals surface area contributed by atoms with Crippen LogP contribution in [0.2, 0.25) is 0 Å². The standard InChI is InChI=1S/C14H22N2O/c1-3-9-14(11-15,10-4-2)13(17)16-12-7-5-6-8-12/h5-6,12H,3-4,7-10H2,1-2H3,(H,16,17). The quantitative estimate of drug-likeness (QED) is 0.718. The fourth-order valence-electron chi connectivity index (χ4n) is 2.43. The molecule has 0 aromatic heterocycles. The van der Waals surface area contributed by atoms with E-state index >= 15 is 0 Å². The molecule has 1 aliphatic carbocycles. The van der Waals surface area contributed by atoms with E-state index in [1.165, 1.54) is 0 Å². The molecule has 0 saturated carbocycles. The second-order valence-corrected chi connectivity index (χ2v) is 4.81. The lowest BCUT2D eigenvalue weighted by molar-refractivity contribution is -0.129. The molecular weight excluding hydrogens is 212 g/mol. The third kappa shape index (κ3) is 3.33. The molecule has 1 amide bonds. The van der Waals surface area contributed by atoms with E-state index in [1.54, 1.807) is 0 Å². The van der Waals surface area contributed by atoms with Gasteiger partial charge in [0.15, 0.2) is 0 Å². The number of rotatable bonds is 6. The average Bonchev–Trinajstić information content (AvgIpc) is 2.81. The van der Waals surface area contributed by atoms with E-state index in [-0.39, 0.29) is 11.9 Å². The summed E-state index contributed by atoms with van der Waals surface area (Å²) in [5.41, 5.74) is -0.813. The number of carbonyl (C=O) groups excluding carboxylic acids is 1. The van der Waals surface area contributed by atoms with Crippen LogP contribution < -0.4 is 5.32 Å². The molecule has 3 nitrogen and oxygen atoms in total. The van der Waals surface area contributed by atoms with Gasteiger partial charge >= 0.3 is 0 Å². The molecule has 0 atom stereocenters. The summed E-state index contributed by atoms with van der Waals surface area (Å²) in [7, 11) is 0. The van der Waals surface area contributed by atoms with E-state index in [1.807, 2.05) is 13.8 Å². The molecule has 3 heteroatoms. The van der Waals surface area contributed by atoms with Gasteiger partial charge in [0.1, 0.15) is 5.41 Å². The van der Waals surface area contributed by atoms with E-state index in [0.717, 1.165) is 25.7 Å². The lowest BCUT2D eigenvalue weighted by Gasteiger charge is -2.26. The molecule has 0 saturated heterocycles. The van der Waals surface area contributed by atoms with Gasteiger partial charge in [0.05, 0.1) is 6.07 Å². The van der Waals surface area contributed by atoms with Gasteiger partial charge in [-0.15, -0.1) is 0 Å². The first-order chi connectivity index (χ1) is 8.18. The van der Waals surface area contributed by atoms with Gasteiger partial charge < -0.3 is 5.32 Å². The molecule has 0 heterocycles. The molecule has 0 aromatic carbocycles. The normalized spacial score (nSPS) is 15.8. The van der Waals surface area contributed by atoms with Crippen LogP contribution in [0.3, 0.4) is 0 Å². The minimum Gasteiger partial charge on any atom is -0.351 e. The van der Waals surface area contributed by atoms with Crippen LogP contribution in [0.1, 0.15) is 52.4 Å². The van der Waals surface area contributed by atoms with Crippen molar-refractivity contribution >= 4 is 5.91 Å². The van der Waals surface area contributed by atoms with Crippen molar-refractivity contribution in [2.75, 3.05) is 0 Å². The van der Waals surface area contributed by atoms with Crippen molar-refractivity contribution < 1.29 is 4.79 Å². The van der Waals surface area contributed by atoms with Crippen molar-refractivity contribution in [3.05, 3.63) is 12.2 Å². The lowest BCUT2D eigenvalue weighted by Crippen LogP contribution is -2.44. The molecule has 1 N–H and O–H groups in total. The molecule has 0 unspecified atom stereocenters. The molecular formula is C14H22N2O. The summed E-state index contributed by atoms with van der Waals surface area (Å²) in [5.74, 6) is -0.0719. The monoisotopic (exact) mass is 234 g/mol. The molecule has 0 spiro atoms. The number of nitriles is 1. The highest BCUT2D eigenvalue weighted by Crippen LogP contribution is 2.30. The number of nitrogens with one attached hydrogen (secondary N) is 1. The first-order valence-corrected chi connectivity index (χ1v) is 6.55. The second-order valence-electron chi connectivity index (χ2n) is 4.81. The smallest absolute Gasteiger partial charge is 0.240 e. The van der Waals surface area contributed by atoms with Crippen LogP contribution >= 0.6 is 0 Å². The highest BCUT2D eigenvalue weighted by Gasteiger charge is 2.37. The van der Waals surface area contributed by atoms with Crippen molar-refractivity contribution in [1.82, 2.24) is 5.32 Å². The Morgan fingerprint density at radius 2 is 1.88 bits per heavy atom. The van der Waals surface area contributed by atoms with Crippen LogP contribution in [0.5, 0.6) is 0 Å². The molecule has 94 valence electrons. The Bertz CT molecular complexity index is 314. The minimum absolute atomic E-state index is 0.0719. The van der Waals surface area contributed by atoms with Crippen LogP contribution in [-0.2, 0) is 4.79 Å². The van der Waals surface area contributed by atoms with Crippen LogP contribution in [0.25, 0.3) is 0 Å². The van der Waals surface area contributed by atoms with E-state index in [4.69, 9.17) is 0 Å². The topological polar surface area (TPSA) is 52.9 Å². The fraction of sp³-hybridized carbons (Fsp3) is 0.714. The molecule has 0 bridgehead atoms. The maximum absolute atomic E-state index is 12.3. The number of hydrogen-bond donors (Lipinski definition) is 1. The summed E-state index contributed by atoms with van der Waals surface area (Å²) >= 11 is 0. The third-order valence-electron chi connectivity index (χ3n) is 3.35. The first-order valence-electron chi connectivity index (χ1n) is 6.55. The van der Waals surface area contributed by atoms with Crippen molar-refractivity contribution in [3.8, 4) is 6.07 Å². The van der Waals surface area contributed by atoms with E-state index < -0.39 is 5.41 Å². The molecule has 0 radical (unpaired) electrons. The molecule has 0 aliphatic heterocycles. The van der Waals surface area contributed by atoms with Gasteiger partial charge in [0.2, 0.25) is 5.91 Å². The third-order valence-corrected chi connectivity index (χ3v) is 3.35. The van der Waals surface area contributed by atoms with Gasteiger partial charge in [0.25, 0.3) is 0 Å². The summed E-state index contributed by atoms with van der Waals surface area (Å²) in [6, 6.07) is 2.46. The zero-order valence-corrected chi connectivity index (χ0v) is 10.8. The number of nitrogens with zero attached hydrogens (tertiary/aromatic N) is 1. The minimum atomic E-state index is -0.813. The van der Waals surface area contributed by atoms with Crippen LogP contribution in [0, 0.1) is 16.7 Å². The highest BCUT2D eigenvalue weighted by atomic mass is 16.2. The predicted molar refractivity (Wildman–Crippen MR) is 68.2 cm³/mol. The van der Waals surface area contributed by atoms with Crippen molar-refractivity contribution in [2.45, 2.75) is 58.4 Å². The Morgan fingerprint density at radius 3 is 2.29 bits per heavy atom. The van der Waals surface area contributed by atoms with Crippen LogP contribution in [0.15, 0.2) is 12.2 Å². The predicted octanol–water partition coefficient (Wildman–Crippen LogP) is 2.93. The zero-order valence-electron chi connectivity index (χ0n) is 10.8. The fourth-order valence-corrected chi connectivity index (χ4v) is 2.43. The van der Waals surface area contributed by atoms with Gasteiger partial charge in [-0.3, -0.25) is 4.79 Å². The Labute approximate surface area is 104 Å². The molecule has 17 heavy (non-hydrogen) atoms. The maximum Gasteiger partial charge on any atom is 0.240 e. The summed E-state index contributed by atoms with van der Waals surface area (Å²) in [4.78, 5) is 12.3. The SMILES string of the molecule is CCCC(C#N)(CCC)C(=O)NC1CC=CC1. The summed E-state index contributed by atoms with van der Waals surface area (Å²) in [6.45, 7) is 4.04. The molecule has 1 rings (SSSR count). The van der Waals surface area contributed by atoms with Crippen LogP contribution in [0.4, 0.5) is 0 Å². The first kappa shape index (κ1) is 13.8. The maximum atomic E-state index is 12.3. The summed E-state index contributed by atoms with van der Waals surface area (Å²) < 4.78 is 0. The average molecular weight is 234 g/mol. The molecule has 0 aromatic rings. The second kappa shape index (κ2) is 6.44. The van der Waals surface area contributed by atoms with Crippen LogP contribution in [-0.4, -0.2) is 11.9 Å². The Hall–Kier alpha value is -1.30. The van der Waals surface area contributed by atoms with Gasteiger partial charge in [-0.1, -0.05) is 38.8 Å². The van der Waals surface area contributed by atoms with E-state index in [9.17, 15) is 10.1 Å². The van der Waals surface area contributed by atoms with Crippen molar-refractivity contribution in [3.63, 3.8) is 0 Å². The Balaban J connectivity index is 2.67. The van der Waals surface area contributed by atoms with E-state index in [0.29, 0.717) is 12.8 Å². The van der Waals surface area contributed by atoms with Gasteiger partial charge in [-0.2, -0.15) is 5.26 Å². The lowest BCUT2D eigenvalue weighted by atomic mass is 9.79. The number of amides is 1. The van der Waals surface area contributed by atoms with Gasteiger partial charge in [0, 0.05) is 6.04 Å². The number of hydrogen-bond acceptors (Lipinski definition) is 2. The van der Waals surface area contributed by atoms with Crippen molar-refractivity contribution in [2.24, 2.45) is 5.41 Å². The summed E-state index contributed by atoms with van der Waals surface area (Å²) in [6.07, 6.45) is 8.99. The molecule has 1 aliphatic rings. The Morgan fingerprint density at radius 1 is 1.35 bits per heavy atom. The number of carbonyl (C=O) groups is 1. The highest BCUT2D eigenvalue weighted by molar-refractivity contribution is 5.85. The zero-order chi connectivity index (χ0) is 12.7. The van der Waals surface area contributed by atoms with Crippen molar-refractivity contribution in [1.29, 1.82) is 5.26 Å². The van der Waals surface area contributed by atoms with Gasteiger partial charge in [-0.25, -0.2) is 0 Å². The van der Waals surface area contributed by atoms with E-state index in [2.05, 4.69) is 23.5 Å².